The summed E-state index contributed by atoms with van der Waals surface area (Å²) in [5, 5.41) is 0. The molecule has 0 saturated heterocycles. The molecule has 0 amide bonds. The van der Waals surface area contributed by atoms with Crippen molar-refractivity contribution in [1.82, 2.24) is 0 Å². The zero-order chi connectivity index (χ0) is 18.6. The molecule has 0 N–H and O–H groups in total. The average Bonchev–Trinajstić information content (AvgIpc) is 2.69. The number of hydrogen-bond donors (Lipinski definition) is 0. The molecular weight excluding hydrogens is 343 g/mol. The Kier molecular flexibility index (Phi) is 9.52. The van der Waals surface area contributed by atoms with Crippen molar-refractivity contribution in [1.29, 1.82) is 0 Å². The van der Waals surface area contributed by atoms with Crippen LogP contribution < -0.4 is 9.47 Å². The number of benzene rings is 2. The summed E-state index contributed by atoms with van der Waals surface area (Å²) in [6.45, 7) is 3.10. The van der Waals surface area contributed by atoms with Crippen LogP contribution >= 0.6 is 8.15 Å². The second-order valence-corrected chi connectivity index (χ2v) is 8.24. The van der Waals surface area contributed by atoms with Crippen LogP contribution in [0.15, 0.2) is 48.5 Å². The number of unbranched alkanes of at least 4 members (excludes halogenated alkanes) is 3. The Labute approximate surface area is 159 Å². The van der Waals surface area contributed by atoms with Crippen LogP contribution in [0.25, 0.3) is 0 Å². The summed E-state index contributed by atoms with van der Waals surface area (Å²) in [4.78, 5) is 0. The Balaban J connectivity index is 1.96. The van der Waals surface area contributed by atoms with Gasteiger partial charge in [0.1, 0.15) is 11.5 Å². The van der Waals surface area contributed by atoms with Crippen molar-refractivity contribution < 1.29 is 14.0 Å². The summed E-state index contributed by atoms with van der Waals surface area (Å²) in [7, 11) is 2.86. The summed E-state index contributed by atoms with van der Waals surface area (Å²) in [5.41, 5.74) is 2.61. The molecule has 2 rings (SSSR count). The van der Waals surface area contributed by atoms with Crippen molar-refractivity contribution in [3.05, 3.63) is 59.7 Å². The van der Waals surface area contributed by atoms with Gasteiger partial charge >= 0.3 is 0 Å². The second-order valence-electron chi connectivity index (χ2n) is 6.39. The minimum Gasteiger partial charge on any atom is -0.497 e. The predicted molar refractivity (Wildman–Crippen MR) is 110 cm³/mol. The highest BCUT2D eigenvalue weighted by Crippen LogP contribution is 2.45. The van der Waals surface area contributed by atoms with E-state index in [0.29, 0.717) is 0 Å². The van der Waals surface area contributed by atoms with Gasteiger partial charge in [-0.05, 0) is 41.8 Å². The van der Waals surface area contributed by atoms with Crippen LogP contribution in [-0.4, -0.2) is 20.8 Å². The van der Waals surface area contributed by atoms with Gasteiger partial charge in [0, 0.05) is 20.5 Å². The highest BCUT2D eigenvalue weighted by atomic mass is 31.1. The van der Waals surface area contributed by atoms with E-state index in [9.17, 15) is 0 Å². The molecule has 2 aromatic rings. The first kappa shape index (κ1) is 20.7. The molecule has 0 radical (unpaired) electrons. The monoisotopic (exact) mass is 374 g/mol. The van der Waals surface area contributed by atoms with Crippen molar-refractivity contribution in [3.8, 4) is 11.5 Å². The molecule has 4 heteroatoms. The molecule has 0 aromatic heterocycles. The molecule has 2 aromatic carbocycles. The van der Waals surface area contributed by atoms with Crippen molar-refractivity contribution in [2.24, 2.45) is 0 Å². The van der Waals surface area contributed by atoms with E-state index in [2.05, 4.69) is 31.2 Å². The molecular formula is C22H31O3P. The standard InChI is InChI=1S/C22H31O3P/c1-4-5-6-7-16-25-26(17-19-8-12-21(23-2)13-9-19)18-20-10-14-22(24-3)15-11-20/h8-15H,4-7,16-18H2,1-3H3. The average molecular weight is 374 g/mol. The normalized spacial score (nSPS) is 10.9. The van der Waals surface area contributed by atoms with E-state index in [-0.39, 0.29) is 0 Å². The largest absolute Gasteiger partial charge is 0.497 e. The Morgan fingerprint density at radius 1 is 0.692 bits per heavy atom. The molecule has 0 spiro atoms. The Hall–Kier alpha value is -1.57. The SMILES string of the molecule is CCCCCCOP(Cc1ccc(OC)cc1)Cc1ccc(OC)cc1. The van der Waals surface area contributed by atoms with Crippen molar-refractivity contribution in [2.75, 3.05) is 20.8 Å². The number of rotatable bonds is 12. The number of ether oxygens (including phenoxy) is 2. The first-order valence-corrected chi connectivity index (χ1v) is 11.0. The predicted octanol–water partition coefficient (Wildman–Crippen LogP) is 6.40. The summed E-state index contributed by atoms with van der Waals surface area (Å²) >= 11 is 0. The smallest absolute Gasteiger partial charge is 0.118 e. The zero-order valence-corrected chi connectivity index (χ0v) is 17.1. The van der Waals surface area contributed by atoms with E-state index in [1.54, 1.807) is 14.2 Å². The van der Waals surface area contributed by atoms with Gasteiger partial charge in [-0.15, -0.1) is 0 Å². The molecule has 0 bridgehead atoms. The minimum absolute atomic E-state index is 0.544. The first-order chi connectivity index (χ1) is 12.7. The van der Waals surface area contributed by atoms with E-state index in [4.69, 9.17) is 14.0 Å². The lowest BCUT2D eigenvalue weighted by Crippen LogP contribution is -1.97. The number of hydrogen-bond acceptors (Lipinski definition) is 3. The van der Waals surface area contributed by atoms with Gasteiger partial charge in [-0.2, -0.15) is 0 Å². The molecule has 26 heavy (non-hydrogen) atoms. The maximum absolute atomic E-state index is 6.31. The van der Waals surface area contributed by atoms with Crippen LogP contribution in [-0.2, 0) is 16.8 Å². The fourth-order valence-corrected chi connectivity index (χ4v) is 4.66. The fourth-order valence-electron chi connectivity index (χ4n) is 2.74. The third kappa shape index (κ3) is 7.35. The molecule has 0 unspecified atom stereocenters. The first-order valence-electron chi connectivity index (χ1n) is 9.39. The van der Waals surface area contributed by atoms with Gasteiger partial charge in [-0.3, -0.25) is 0 Å². The van der Waals surface area contributed by atoms with Gasteiger partial charge in [0.2, 0.25) is 0 Å². The maximum atomic E-state index is 6.31. The summed E-state index contributed by atoms with van der Waals surface area (Å²) in [6.07, 6.45) is 6.89. The minimum atomic E-state index is -0.544. The summed E-state index contributed by atoms with van der Waals surface area (Å²) < 4.78 is 16.8. The van der Waals surface area contributed by atoms with E-state index < -0.39 is 8.15 Å². The number of methoxy groups -OCH3 is 2. The van der Waals surface area contributed by atoms with E-state index in [1.807, 2.05) is 24.3 Å². The van der Waals surface area contributed by atoms with Crippen molar-refractivity contribution >= 4 is 8.15 Å². The topological polar surface area (TPSA) is 27.7 Å². The molecule has 3 nitrogen and oxygen atoms in total. The Morgan fingerprint density at radius 3 is 1.62 bits per heavy atom. The van der Waals surface area contributed by atoms with Crippen LogP contribution in [0, 0.1) is 0 Å². The lowest BCUT2D eigenvalue weighted by molar-refractivity contribution is 0.335. The summed E-state index contributed by atoms with van der Waals surface area (Å²) in [6, 6.07) is 16.7. The van der Waals surface area contributed by atoms with Gasteiger partial charge in [0.05, 0.1) is 20.8 Å². The maximum Gasteiger partial charge on any atom is 0.118 e. The molecule has 0 atom stereocenters. The van der Waals surface area contributed by atoms with Gasteiger partial charge < -0.3 is 14.0 Å². The molecule has 0 aliphatic rings. The molecule has 0 heterocycles. The van der Waals surface area contributed by atoms with Gasteiger partial charge in [0.25, 0.3) is 0 Å². The molecule has 0 saturated carbocycles. The van der Waals surface area contributed by atoms with Gasteiger partial charge in [-0.25, -0.2) is 0 Å². The highest BCUT2D eigenvalue weighted by molar-refractivity contribution is 7.50. The van der Waals surface area contributed by atoms with Crippen LogP contribution in [0.5, 0.6) is 11.5 Å². The second kappa shape index (κ2) is 11.9. The molecule has 0 aliphatic heterocycles. The molecule has 0 fully saturated rings. The lowest BCUT2D eigenvalue weighted by atomic mass is 10.2. The van der Waals surface area contributed by atoms with E-state index >= 15 is 0 Å². The van der Waals surface area contributed by atoms with Crippen LogP contribution in [0.2, 0.25) is 0 Å². The van der Waals surface area contributed by atoms with Crippen molar-refractivity contribution in [2.45, 2.75) is 44.9 Å². The van der Waals surface area contributed by atoms with E-state index in [1.165, 1.54) is 30.4 Å². The van der Waals surface area contributed by atoms with Crippen LogP contribution in [0.1, 0.15) is 43.7 Å². The highest BCUT2D eigenvalue weighted by Gasteiger charge is 2.12. The van der Waals surface area contributed by atoms with Crippen LogP contribution in [0.3, 0.4) is 0 Å². The summed E-state index contributed by atoms with van der Waals surface area (Å²) in [5.74, 6) is 1.79. The fraction of sp³-hybridized carbons (Fsp3) is 0.455. The van der Waals surface area contributed by atoms with E-state index in [0.717, 1.165) is 36.9 Å². The Bertz CT molecular complexity index is 561. The third-order valence-electron chi connectivity index (χ3n) is 4.31. The molecule has 0 aliphatic carbocycles. The van der Waals surface area contributed by atoms with Crippen LogP contribution in [0.4, 0.5) is 0 Å². The third-order valence-corrected chi connectivity index (χ3v) is 6.29. The van der Waals surface area contributed by atoms with Crippen molar-refractivity contribution in [3.63, 3.8) is 0 Å². The zero-order valence-electron chi connectivity index (χ0n) is 16.2. The lowest BCUT2D eigenvalue weighted by Gasteiger charge is -2.19. The van der Waals surface area contributed by atoms with Gasteiger partial charge in [0.15, 0.2) is 0 Å². The quantitative estimate of drug-likeness (QED) is 0.318. The Morgan fingerprint density at radius 2 is 1.19 bits per heavy atom. The molecule has 142 valence electrons. The van der Waals surface area contributed by atoms with Gasteiger partial charge in [-0.1, -0.05) is 50.5 Å².